The van der Waals surface area contributed by atoms with Crippen LogP contribution in [0.25, 0.3) is 0 Å². The van der Waals surface area contributed by atoms with E-state index in [1.165, 1.54) is 0 Å². The second kappa shape index (κ2) is 10.8. The van der Waals surface area contributed by atoms with Crippen LogP contribution < -0.4 is 14.8 Å². The van der Waals surface area contributed by atoms with Gasteiger partial charge in [-0.15, -0.1) is 0 Å². The van der Waals surface area contributed by atoms with Gasteiger partial charge in [0.15, 0.2) is 0 Å². The van der Waals surface area contributed by atoms with Crippen LogP contribution in [-0.2, 0) is 17.9 Å². The Balaban J connectivity index is 1.65. The molecule has 0 aliphatic carbocycles. The zero-order valence-corrected chi connectivity index (χ0v) is 18.0. The topological polar surface area (TPSA) is 63.3 Å². The van der Waals surface area contributed by atoms with Gasteiger partial charge in [0.25, 0.3) is 0 Å². The maximum Gasteiger partial charge on any atom is 0.322 e. The van der Waals surface area contributed by atoms with Gasteiger partial charge >= 0.3 is 6.03 Å². The van der Waals surface area contributed by atoms with Crippen LogP contribution in [0.1, 0.15) is 18.1 Å². The number of anilines is 1. The number of ether oxygens (including phenoxy) is 3. The van der Waals surface area contributed by atoms with Crippen LogP contribution in [0.2, 0.25) is 0 Å². The fraction of sp³-hybridized carbons (Fsp3) is 0.435. The van der Waals surface area contributed by atoms with E-state index in [4.69, 9.17) is 14.2 Å². The average Bonchev–Trinajstić information content (AvgIpc) is 2.95. The highest BCUT2D eigenvalue weighted by Gasteiger charge is 2.21. The summed E-state index contributed by atoms with van der Waals surface area (Å²) in [4.78, 5) is 16.8. The predicted molar refractivity (Wildman–Crippen MR) is 117 cm³/mol. The van der Waals surface area contributed by atoms with Crippen LogP contribution in [0.15, 0.2) is 42.5 Å². The third kappa shape index (κ3) is 6.11. The molecule has 162 valence electrons. The van der Waals surface area contributed by atoms with E-state index in [9.17, 15) is 4.79 Å². The number of nitrogens with one attached hydrogen (secondary N) is 1. The van der Waals surface area contributed by atoms with Crippen molar-refractivity contribution < 1.29 is 19.0 Å². The van der Waals surface area contributed by atoms with E-state index in [1.54, 1.807) is 4.90 Å². The Morgan fingerprint density at radius 2 is 2.07 bits per heavy atom. The van der Waals surface area contributed by atoms with Crippen molar-refractivity contribution >= 4 is 11.7 Å². The van der Waals surface area contributed by atoms with Gasteiger partial charge in [0.05, 0.1) is 38.6 Å². The number of likely N-dealkylation sites (N-methyl/N-ethyl adjacent to an activating group) is 1. The Hall–Kier alpha value is -2.77. The minimum absolute atomic E-state index is 0.175. The van der Waals surface area contributed by atoms with E-state index in [0.717, 1.165) is 23.4 Å². The highest BCUT2D eigenvalue weighted by Crippen LogP contribution is 2.27. The molecule has 1 aliphatic rings. The number of hydrogen-bond acceptors (Lipinski definition) is 5. The molecule has 30 heavy (non-hydrogen) atoms. The highest BCUT2D eigenvalue weighted by molar-refractivity contribution is 5.91. The van der Waals surface area contributed by atoms with Gasteiger partial charge in [-0.05, 0) is 50.8 Å². The normalized spacial score (nSPS) is 13.4. The van der Waals surface area contributed by atoms with Crippen LogP contribution >= 0.6 is 0 Å². The van der Waals surface area contributed by atoms with Gasteiger partial charge in [0, 0.05) is 12.1 Å². The lowest BCUT2D eigenvalue weighted by Crippen LogP contribution is -2.36. The molecule has 0 unspecified atom stereocenters. The average molecular weight is 414 g/mol. The summed E-state index contributed by atoms with van der Waals surface area (Å²) in [7, 11) is 4.05. The Morgan fingerprint density at radius 3 is 2.87 bits per heavy atom. The lowest BCUT2D eigenvalue weighted by molar-refractivity contribution is 0.105. The van der Waals surface area contributed by atoms with Crippen molar-refractivity contribution in [2.75, 3.05) is 52.3 Å². The molecular formula is C23H31N3O4. The van der Waals surface area contributed by atoms with E-state index < -0.39 is 0 Å². The van der Waals surface area contributed by atoms with E-state index in [0.29, 0.717) is 51.0 Å². The smallest absolute Gasteiger partial charge is 0.322 e. The van der Waals surface area contributed by atoms with Gasteiger partial charge in [-0.1, -0.05) is 18.2 Å². The number of para-hydroxylation sites is 2. The molecule has 1 heterocycles. The Bertz CT molecular complexity index is 841. The van der Waals surface area contributed by atoms with Gasteiger partial charge in [-0.25, -0.2) is 4.79 Å². The van der Waals surface area contributed by atoms with Gasteiger partial charge in [-0.3, -0.25) is 0 Å². The molecule has 7 heteroatoms. The molecule has 1 aliphatic heterocycles. The molecule has 0 atom stereocenters. The summed E-state index contributed by atoms with van der Waals surface area (Å²) in [6.07, 6.45) is 0. The molecule has 0 bridgehead atoms. The number of benzene rings is 2. The number of nitrogens with zero attached hydrogens (tertiary/aromatic N) is 2. The molecule has 0 fully saturated rings. The van der Waals surface area contributed by atoms with E-state index in [-0.39, 0.29) is 6.03 Å². The molecular weight excluding hydrogens is 382 g/mol. The van der Waals surface area contributed by atoms with Gasteiger partial charge < -0.3 is 29.3 Å². The molecule has 7 nitrogen and oxygen atoms in total. The molecule has 0 saturated carbocycles. The third-order valence-electron chi connectivity index (χ3n) is 4.77. The number of rotatable bonds is 8. The van der Waals surface area contributed by atoms with E-state index >= 15 is 0 Å². The summed E-state index contributed by atoms with van der Waals surface area (Å²) in [6.45, 7) is 5.98. The second-order valence-corrected chi connectivity index (χ2v) is 7.43. The molecule has 0 saturated heterocycles. The fourth-order valence-corrected chi connectivity index (χ4v) is 3.19. The van der Waals surface area contributed by atoms with Crippen LogP contribution in [0.3, 0.4) is 0 Å². The largest absolute Gasteiger partial charge is 0.492 e. The zero-order chi connectivity index (χ0) is 21.3. The number of fused-ring (bicyclic) bond motifs is 1. The van der Waals surface area contributed by atoms with Crippen LogP contribution in [0, 0.1) is 0 Å². The Kier molecular flexibility index (Phi) is 7.93. The summed E-state index contributed by atoms with van der Waals surface area (Å²) in [5.74, 6) is 1.48. The zero-order valence-electron chi connectivity index (χ0n) is 18.0. The van der Waals surface area contributed by atoms with Crippen molar-refractivity contribution in [2.45, 2.75) is 20.1 Å². The van der Waals surface area contributed by atoms with Gasteiger partial charge in [0.2, 0.25) is 0 Å². The first-order valence-corrected chi connectivity index (χ1v) is 10.3. The molecule has 3 rings (SSSR count). The monoisotopic (exact) mass is 413 g/mol. The summed E-state index contributed by atoms with van der Waals surface area (Å²) in [5, 5.41) is 2.97. The predicted octanol–water partition coefficient (Wildman–Crippen LogP) is 3.59. The van der Waals surface area contributed by atoms with Crippen molar-refractivity contribution in [3.8, 4) is 11.5 Å². The maximum atomic E-state index is 12.9. The minimum atomic E-state index is -0.175. The minimum Gasteiger partial charge on any atom is -0.492 e. The molecule has 0 spiro atoms. The molecule has 2 amide bonds. The quantitative estimate of drug-likeness (QED) is 0.670. The number of carbonyl (C=O) groups excluding carboxylic acids is 1. The first-order chi connectivity index (χ1) is 14.6. The van der Waals surface area contributed by atoms with Crippen molar-refractivity contribution in [3.63, 3.8) is 0 Å². The van der Waals surface area contributed by atoms with E-state index in [2.05, 4.69) is 16.3 Å². The van der Waals surface area contributed by atoms with Gasteiger partial charge in [0.1, 0.15) is 18.1 Å². The number of carbonyl (C=O) groups is 1. The molecule has 2 aromatic rings. The van der Waals surface area contributed by atoms with Crippen molar-refractivity contribution in [1.82, 2.24) is 9.80 Å². The van der Waals surface area contributed by atoms with Crippen molar-refractivity contribution in [2.24, 2.45) is 0 Å². The standard InChI is InChI=1S/C23H31N3O4/c1-4-29-22-8-6-5-7-20(22)24-23(27)26-12-14-30-21-10-9-18(15-19(21)16-26)17-28-13-11-25(2)3/h5-10,15H,4,11-14,16-17H2,1-3H3,(H,24,27). The molecule has 1 N–H and O–H groups in total. The first kappa shape index (κ1) is 21.9. The number of hydrogen-bond donors (Lipinski definition) is 1. The second-order valence-electron chi connectivity index (χ2n) is 7.43. The van der Waals surface area contributed by atoms with E-state index in [1.807, 2.05) is 57.4 Å². The molecule has 2 aromatic carbocycles. The summed E-state index contributed by atoms with van der Waals surface area (Å²) in [6, 6.07) is 13.3. The SMILES string of the molecule is CCOc1ccccc1NC(=O)N1CCOc2ccc(COCCN(C)C)cc2C1. The number of urea groups is 1. The fourth-order valence-electron chi connectivity index (χ4n) is 3.19. The summed E-state index contributed by atoms with van der Waals surface area (Å²) < 4.78 is 17.2. The highest BCUT2D eigenvalue weighted by atomic mass is 16.5. The van der Waals surface area contributed by atoms with Crippen LogP contribution in [-0.4, -0.2) is 62.8 Å². The Morgan fingerprint density at radius 1 is 1.23 bits per heavy atom. The summed E-state index contributed by atoms with van der Waals surface area (Å²) in [5.41, 5.74) is 2.72. The van der Waals surface area contributed by atoms with Crippen molar-refractivity contribution in [1.29, 1.82) is 0 Å². The number of amides is 2. The van der Waals surface area contributed by atoms with Crippen LogP contribution in [0.5, 0.6) is 11.5 Å². The molecule has 0 radical (unpaired) electrons. The molecule has 0 aromatic heterocycles. The van der Waals surface area contributed by atoms with Crippen LogP contribution in [0.4, 0.5) is 10.5 Å². The van der Waals surface area contributed by atoms with Gasteiger partial charge in [-0.2, -0.15) is 0 Å². The van der Waals surface area contributed by atoms with Crippen molar-refractivity contribution in [3.05, 3.63) is 53.6 Å². The Labute approximate surface area is 178 Å². The maximum absolute atomic E-state index is 12.9. The lowest BCUT2D eigenvalue weighted by Gasteiger charge is -2.21. The summed E-state index contributed by atoms with van der Waals surface area (Å²) >= 11 is 0. The lowest BCUT2D eigenvalue weighted by atomic mass is 10.1. The third-order valence-corrected chi connectivity index (χ3v) is 4.77. The first-order valence-electron chi connectivity index (χ1n) is 10.3.